The highest BCUT2D eigenvalue weighted by Crippen LogP contribution is 2.36. The summed E-state index contributed by atoms with van der Waals surface area (Å²) in [6.07, 6.45) is -5.34. The molecule has 0 heterocycles. The standard InChI is InChI=1S/C25H28F3NO5/c1-17(2)24(32)34-18(3)33-23(31)13-8-14-29(15-19-9-5-4-6-10-19)22-12-7-11-21(20(22)16-30)25(26,27)28/h4-7,9-12,16-18H,8,13-15H2,1-3H3. The number of hydrogen-bond donors (Lipinski definition) is 0. The van der Waals surface area contributed by atoms with Gasteiger partial charge in [-0.2, -0.15) is 13.2 Å². The molecule has 2 rings (SSSR count). The minimum Gasteiger partial charge on any atom is -0.425 e. The topological polar surface area (TPSA) is 72.9 Å². The molecule has 6 nitrogen and oxygen atoms in total. The number of carbonyl (C=O) groups excluding carboxylic acids is 3. The number of aldehydes is 1. The summed E-state index contributed by atoms with van der Waals surface area (Å²) in [6.45, 7) is 5.16. The van der Waals surface area contributed by atoms with Gasteiger partial charge in [0.15, 0.2) is 6.29 Å². The van der Waals surface area contributed by atoms with Gasteiger partial charge in [-0.15, -0.1) is 0 Å². The predicted octanol–water partition coefficient (Wildman–Crippen LogP) is 5.39. The normalized spacial score (nSPS) is 12.2. The quantitative estimate of drug-likeness (QED) is 0.244. The van der Waals surface area contributed by atoms with Gasteiger partial charge in [-0.3, -0.25) is 14.4 Å². The van der Waals surface area contributed by atoms with Crippen molar-refractivity contribution in [1.29, 1.82) is 0 Å². The number of halogens is 3. The Morgan fingerprint density at radius 3 is 2.26 bits per heavy atom. The number of rotatable bonds is 11. The van der Waals surface area contributed by atoms with E-state index in [1.54, 1.807) is 30.9 Å². The van der Waals surface area contributed by atoms with Crippen molar-refractivity contribution in [2.45, 2.75) is 52.6 Å². The molecule has 1 unspecified atom stereocenters. The molecule has 1 atom stereocenters. The monoisotopic (exact) mass is 479 g/mol. The van der Waals surface area contributed by atoms with E-state index in [-0.39, 0.29) is 43.8 Å². The SMILES string of the molecule is CC(OC(=O)CCCN(Cc1ccccc1)c1cccc(C(F)(F)F)c1C=O)OC(=O)C(C)C. The van der Waals surface area contributed by atoms with E-state index in [9.17, 15) is 27.6 Å². The number of nitrogens with zero attached hydrogens (tertiary/aromatic N) is 1. The Labute approximate surface area is 196 Å². The molecule has 0 aromatic heterocycles. The van der Waals surface area contributed by atoms with Crippen molar-refractivity contribution in [3.63, 3.8) is 0 Å². The van der Waals surface area contributed by atoms with E-state index in [1.165, 1.54) is 19.1 Å². The maximum absolute atomic E-state index is 13.5. The van der Waals surface area contributed by atoms with Gasteiger partial charge in [0.05, 0.1) is 11.5 Å². The first-order valence-electron chi connectivity index (χ1n) is 10.9. The van der Waals surface area contributed by atoms with E-state index in [0.29, 0.717) is 0 Å². The number of carbonyl (C=O) groups is 3. The van der Waals surface area contributed by atoms with E-state index in [4.69, 9.17) is 9.47 Å². The van der Waals surface area contributed by atoms with Gasteiger partial charge >= 0.3 is 18.1 Å². The van der Waals surface area contributed by atoms with Gasteiger partial charge < -0.3 is 14.4 Å². The van der Waals surface area contributed by atoms with E-state index < -0.39 is 35.5 Å². The summed E-state index contributed by atoms with van der Waals surface area (Å²) < 4.78 is 50.4. The summed E-state index contributed by atoms with van der Waals surface area (Å²) in [4.78, 5) is 37.0. The smallest absolute Gasteiger partial charge is 0.417 e. The second-order valence-corrected chi connectivity index (χ2v) is 8.01. The molecule has 2 aromatic rings. The van der Waals surface area contributed by atoms with Crippen LogP contribution in [0, 0.1) is 5.92 Å². The highest BCUT2D eigenvalue weighted by Gasteiger charge is 2.35. The lowest BCUT2D eigenvalue weighted by molar-refractivity contribution is -0.186. The summed E-state index contributed by atoms with van der Waals surface area (Å²) in [5.41, 5.74) is -0.518. The number of benzene rings is 2. The van der Waals surface area contributed by atoms with Gasteiger partial charge in [0.2, 0.25) is 6.29 Å². The van der Waals surface area contributed by atoms with Gasteiger partial charge in [0.1, 0.15) is 0 Å². The van der Waals surface area contributed by atoms with E-state index in [2.05, 4.69) is 0 Å². The first kappa shape index (κ1) is 26.9. The van der Waals surface area contributed by atoms with Gasteiger partial charge in [-0.1, -0.05) is 50.2 Å². The number of hydrogen-bond acceptors (Lipinski definition) is 6. The Morgan fingerprint density at radius 1 is 1.00 bits per heavy atom. The molecule has 0 saturated carbocycles. The molecule has 0 fully saturated rings. The first-order chi connectivity index (χ1) is 16.0. The zero-order valence-corrected chi connectivity index (χ0v) is 19.3. The fourth-order valence-corrected chi connectivity index (χ4v) is 3.27. The molecule has 0 N–H and O–H groups in total. The molecule has 0 spiro atoms. The fourth-order valence-electron chi connectivity index (χ4n) is 3.27. The minimum atomic E-state index is -4.68. The van der Waals surface area contributed by atoms with Gasteiger partial charge in [-0.05, 0) is 24.1 Å². The van der Waals surface area contributed by atoms with Crippen LogP contribution < -0.4 is 4.90 Å². The average molecular weight is 479 g/mol. The van der Waals surface area contributed by atoms with Crippen molar-refractivity contribution in [2.75, 3.05) is 11.4 Å². The summed E-state index contributed by atoms with van der Waals surface area (Å²) in [7, 11) is 0. The zero-order valence-electron chi connectivity index (χ0n) is 19.3. The molecule has 2 aromatic carbocycles. The maximum Gasteiger partial charge on any atom is 0.417 e. The van der Waals surface area contributed by atoms with E-state index in [0.717, 1.165) is 11.6 Å². The molecule has 0 aliphatic heterocycles. The Hall–Kier alpha value is -3.36. The minimum absolute atomic E-state index is 0.0513. The van der Waals surface area contributed by atoms with Crippen LogP contribution in [0.2, 0.25) is 0 Å². The van der Waals surface area contributed by atoms with Crippen LogP contribution in [0.5, 0.6) is 0 Å². The predicted molar refractivity (Wildman–Crippen MR) is 120 cm³/mol. The van der Waals surface area contributed by atoms with Crippen LogP contribution in [0.4, 0.5) is 18.9 Å². The molecule has 9 heteroatoms. The Bertz CT molecular complexity index is 976. The maximum atomic E-state index is 13.5. The lowest BCUT2D eigenvalue weighted by Gasteiger charge is -2.27. The lowest BCUT2D eigenvalue weighted by Crippen LogP contribution is -2.28. The van der Waals surface area contributed by atoms with Crippen molar-refractivity contribution in [3.8, 4) is 0 Å². The first-order valence-corrected chi connectivity index (χ1v) is 10.9. The van der Waals surface area contributed by atoms with Crippen molar-refractivity contribution < 1.29 is 37.0 Å². The highest BCUT2D eigenvalue weighted by molar-refractivity contribution is 5.87. The largest absolute Gasteiger partial charge is 0.425 e. The Morgan fingerprint density at radius 2 is 1.68 bits per heavy atom. The molecule has 0 aliphatic rings. The van der Waals surface area contributed by atoms with E-state index >= 15 is 0 Å². The van der Waals surface area contributed by atoms with Crippen molar-refractivity contribution in [3.05, 3.63) is 65.2 Å². The van der Waals surface area contributed by atoms with Gasteiger partial charge in [0, 0.05) is 37.7 Å². The summed E-state index contributed by atoms with van der Waals surface area (Å²) in [5, 5.41) is 0. The lowest BCUT2D eigenvalue weighted by atomic mass is 10.0. The third kappa shape index (κ3) is 7.90. The van der Waals surface area contributed by atoms with Crippen LogP contribution in [-0.2, 0) is 31.8 Å². The van der Waals surface area contributed by atoms with Crippen molar-refractivity contribution >= 4 is 23.9 Å². The molecule has 34 heavy (non-hydrogen) atoms. The molecule has 0 bridgehead atoms. The number of alkyl halides is 3. The molecular formula is C25H28F3NO5. The van der Waals surface area contributed by atoms with Gasteiger partial charge in [-0.25, -0.2) is 0 Å². The van der Waals surface area contributed by atoms with Crippen LogP contribution in [0.15, 0.2) is 48.5 Å². The molecule has 184 valence electrons. The van der Waals surface area contributed by atoms with Crippen LogP contribution in [0.25, 0.3) is 0 Å². The molecule has 0 radical (unpaired) electrons. The van der Waals surface area contributed by atoms with Gasteiger partial charge in [0.25, 0.3) is 0 Å². The highest BCUT2D eigenvalue weighted by atomic mass is 19.4. The van der Waals surface area contributed by atoms with E-state index in [1.807, 2.05) is 18.2 Å². The summed E-state index contributed by atoms with van der Waals surface area (Å²) in [6, 6.07) is 12.6. The molecular weight excluding hydrogens is 451 g/mol. The third-order valence-electron chi connectivity index (χ3n) is 4.92. The molecule has 0 saturated heterocycles. The van der Waals surface area contributed by atoms with Crippen LogP contribution in [-0.4, -0.2) is 31.1 Å². The Balaban J connectivity index is 2.15. The number of anilines is 1. The van der Waals surface area contributed by atoms with Crippen LogP contribution >= 0.6 is 0 Å². The van der Waals surface area contributed by atoms with Crippen LogP contribution in [0.3, 0.4) is 0 Å². The fraction of sp³-hybridized carbons (Fsp3) is 0.400. The molecule has 0 amide bonds. The second kappa shape index (κ2) is 12.2. The number of ether oxygens (including phenoxy) is 2. The second-order valence-electron chi connectivity index (χ2n) is 8.01. The summed E-state index contributed by atoms with van der Waals surface area (Å²) >= 11 is 0. The van der Waals surface area contributed by atoms with Crippen LogP contribution in [0.1, 0.15) is 55.1 Å². The average Bonchev–Trinajstić information content (AvgIpc) is 2.77. The van der Waals surface area contributed by atoms with Crippen molar-refractivity contribution in [1.82, 2.24) is 0 Å². The summed E-state index contributed by atoms with van der Waals surface area (Å²) in [5.74, 6) is -1.48. The van der Waals surface area contributed by atoms with Crippen molar-refractivity contribution in [2.24, 2.45) is 5.92 Å². The zero-order chi connectivity index (χ0) is 25.3. The number of esters is 2. The Kier molecular flexibility index (Phi) is 9.65. The third-order valence-corrected chi connectivity index (χ3v) is 4.92. The molecule has 0 aliphatic carbocycles.